The lowest BCUT2D eigenvalue weighted by atomic mass is 10.2. The van der Waals surface area contributed by atoms with Crippen LogP contribution in [0.1, 0.15) is 19.8 Å². The molecule has 0 aromatic heterocycles. The van der Waals surface area contributed by atoms with E-state index < -0.39 is 6.03 Å². The van der Waals surface area contributed by atoms with Gasteiger partial charge in [0.2, 0.25) is 5.91 Å². The molecule has 0 aromatic carbocycles. The van der Waals surface area contributed by atoms with Crippen molar-refractivity contribution in [3.05, 3.63) is 0 Å². The summed E-state index contributed by atoms with van der Waals surface area (Å²) >= 11 is 0. The fourth-order valence-corrected chi connectivity index (χ4v) is 2.33. The van der Waals surface area contributed by atoms with Crippen molar-refractivity contribution in [1.82, 2.24) is 14.9 Å². The molecule has 6 nitrogen and oxygen atoms in total. The zero-order valence-electron chi connectivity index (χ0n) is 9.59. The maximum Gasteiger partial charge on any atom is 0.344 e. The zero-order chi connectivity index (χ0) is 11.9. The van der Waals surface area contributed by atoms with E-state index in [2.05, 4.69) is 0 Å². The molecule has 2 rings (SSSR count). The van der Waals surface area contributed by atoms with Crippen LogP contribution in [0.5, 0.6) is 0 Å². The van der Waals surface area contributed by atoms with E-state index in [1.165, 1.54) is 4.90 Å². The largest absolute Gasteiger partial charge is 0.344 e. The molecule has 0 unspecified atom stereocenters. The minimum atomic E-state index is -0.444. The summed E-state index contributed by atoms with van der Waals surface area (Å²) in [4.78, 5) is 26.6. The molecule has 2 heterocycles. The van der Waals surface area contributed by atoms with Crippen LogP contribution in [-0.4, -0.2) is 64.2 Å². The van der Waals surface area contributed by atoms with Gasteiger partial charge in [-0.15, -0.1) is 0 Å². The van der Waals surface area contributed by atoms with Crippen molar-refractivity contribution in [2.75, 3.05) is 20.1 Å². The number of carbonyl (C=O) groups is 2. The maximum atomic E-state index is 11.8. The highest BCUT2D eigenvalue weighted by Crippen LogP contribution is 2.24. The van der Waals surface area contributed by atoms with Crippen LogP contribution in [-0.2, 0) is 4.79 Å². The molecule has 3 amide bonds. The molecule has 2 aliphatic heterocycles. The van der Waals surface area contributed by atoms with Crippen LogP contribution in [0, 0.1) is 0 Å². The van der Waals surface area contributed by atoms with Crippen molar-refractivity contribution in [2.45, 2.75) is 31.8 Å². The number of hydrogen-bond donors (Lipinski definition) is 1. The number of rotatable bonds is 2. The number of likely N-dealkylation sites (N-methyl/N-ethyl adjacent to an activating group) is 1. The molecule has 0 aromatic rings. The van der Waals surface area contributed by atoms with Gasteiger partial charge in [0, 0.05) is 20.1 Å². The molecule has 0 radical (unpaired) electrons. The van der Waals surface area contributed by atoms with Crippen LogP contribution in [0.15, 0.2) is 0 Å². The molecule has 0 aliphatic carbocycles. The van der Waals surface area contributed by atoms with Crippen LogP contribution in [0.3, 0.4) is 0 Å². The quantitative estimate of drug-likeness (QED) is 0.682. The monoisotopic (exact) mass is 227 g/mol. The summed E-state index contributed by atoms with van der Waals surface area (Å²) < 4.78 is 0. The molecule has 1 N–H and O–H groups in total. The number of urea groups is 1. The number of hydrogen-bond acceptors (Lipinski definition) is 3. The van der Waals surface area contributed by atoms with Crippen molar-refractivity contribution in [3.63, 3.8) is 0 Å². The minimum Gasteiger partial charge on any atom is -0.344 e. The second-order valence-electron chi connectivity index (χ2n) is 4.41. The smallest absolute Gasteiger partial charge is 0.344 e. The first kappa shape index (κ1) is 11.2. The Balaban J connectivity index is 2.12. The topological polar surface area (TPSA) is 64.1 Å². The summed E-state index contributed by atoms with van der Waals surface area (Å²) in [5.41, 5.74) is 0. The Kier molecular flexibility index (Phi) is 2.75. The highest BCUT2D eigenvalue weighted by atomic mass is 16.5. The maximum absolute atomic E-state index is 11.8. The molecular formula is C10H17N3O3. The predicted octanol–water partition coefficient (Wildman–Crippen LogP) is 0.123. The number of carbonyl (C=O) groups excluding carboxylic acids is 2. The van der Waals surface area contributed by atoms with Gasteiger partial charge >= 0.3 is 6.03 Å². The lowest BCUT2D eigenvalue weighted by molar-refractivity contribution is -0.130. The highest BCUT2D eigenvalue weighted by Gasteiger charge is 2.44. The number of nitrogens with zero attached hydrogens (tertiary/aromatic N) is 3. The van der Waals surface area contributed by atoms with Crippen molar-refractivity contribution >= 4 is 11.9 Å². The highest BCUT2D eigenvalue weighted by molar-refractivity contribution is 5.89. The van der Waals surface area contributed by atoms with Crippen LogP contribution in [0.2, 0.25) is 0 Å². The Hall–Kier alpha value is -1.30. The molecule has 0 saturated carbocycles. The molecule has 16 heavy (non-hydrogen) atoms. The van der Waals surface area contributed by atoms with Crippen LogP contribution in [0.25, 0.3) is 0 Å². The minimum absolute atomic E-state index is 0.0292. The Morgan fingerprint density at radius 1 is 1.44 bits per heavy atom. The molecule has 0 bridgehead atoms. The van der Waals surface area contributed by atoms with Gasteiger partial charge in [-0.2, -0.15) is 0 Å². The van der Waals surface area contributed by atoms with E-state index in [9.17, 15) is 14.8 Å². The van der Waals surface area contributed by atoms with Gasteiger partial charge in [-0.3, -0.25) is 10.0 Å². The van der Waals surface area contributed by atoms with Gasteiger partial charge in [0.25, 0.3) is 0 Å². The predicted molar refractivity (Wildman–Crippen MR) is 55.8 cm³/mol. The van der Waals surface area contributed by atoms with Gasteiger partial charge in [-0.05, 0) is 12.8 Å². The Morgan fingerprint density at radius 3 is 2.56 bits per heavy atom. The van der Waals surface area contributed by atoms with E-state index in [-0.39, 0.29) is 18.0 Å². The number of hydroxylamine groups is 2. The molecule has 2 aliphatic rings. The van der Waals surface area contributed by atoms with Gasteiger partial charge < -0.3 is 9.80 Å². The summed E-state index contributed by atoms with van der Waals surface area (Å²) in [6, 6.07) is -1.02. The number of amides is 3. The fraction of sp³-hybridized carbons (Fsp3) is 0.800. The normalized spacial score (nSPS) is 30.8. The van der Waals surface area contributed by atoms with Crippen LogP contribution < -0.4 is 0 Å². The van der Waals surface area contributed by atoms with Crippen LogP contribution in [0.4, 0.5) is 4.79 Å². The van der Waals surface area contributed by atoms with Gasteiger partial charge in [-0.1, -0.05) is 6.92 Å². The van der Waals surface area contributed by atoms with E-state index in [0.717, 1.165) is 5.06 Å². The lowest BCUT2D eigenvalue weighted by Crippen LogP contribution is -2.43. The summed E-state index contributed by atoms with van der Waals surface area (Å²) in [6.07, 6.45) is 1.35. The average molecular weight is 227 g/mol. The summed E-state index contributed by atoms with van der Waals surface area (Å²) in [6.45, 7) is 3.03. The van der Waals surface area contributed by atoms with Gasteiger partial charge in [0.15, 0.2) is 0 Å². The van der Waals surface area contributed by atoms with E-state index in [1.54, 1.807) is 11.9 Å². The van der Waals surface area contributed by atoms with Gasteiger partial charge in [0.05, 0.1) is 6.04 Å². The number of likely N-dealkylation sites (tertiary alicyclic amines) is 1. The Morgan fingerprint density at radius 2 is 2.12 bits per heavy atom. The van der Waals surface area contributed by atoms with Gasteiger partial charge in [0.1, 0.15) is 6.04 Å². The Bertz CT molecular complexity index is 320. The third-order valence-corrected chi connectivity index (χ3v) is 3.44. The van der Waals surface area contributed by atoms with Gasteiger partial charge in [-0.25, -0.2) is 9.86 Å². The van der Waals surface area contributed by atoms with Crippen molar-refractivity contribution in [3.8, 4) is 0 Å². The third kappa shape index (κ3) is 1.53. The first-order valence-electron chi connectivity index (χ1n) is 5.60. The molecule has 2 atom stereocenters. The molecular weight excluding hydrogens is 210 g/mol. The van der Waals surface area contributed by atoms with Crippen molar-refractivity contribution in [2.24, 2.45) is 0 Å². The van der Waals surface area contributed by atoms with E-state index >= 15 is 0 Å². The SMILES string of the molecule is CC[C@@H]1CN([C@H]2CCN(C)C2=O)C(=O)N1O. The average Bonchev–Trinajstić information content (AvgIpc) is 2.73. The molecule has 2 saturated heterocycles. The molecule has 6 heteroatoms. The lowest BCUT2D eigenvalue weighted by Gasteiger charge is -2.21. The van der Waals surface area contributed by atoms with E-state index in [4.69, 9.17) is 0 Å². The van der Waals surface area contributed by atoms with E-state index in [1.807, 2.05) is 6.92 Å². The van der Waals surface area contributed by atoms with Crippen molar-refractivity contribution in [1.29, 1.82) is 0 Å². The standard InChI is InChI=1S/C10H17N3O3/c1-3-7-6-12(10(15)13(7)16)8-4-5-11(2)9(8)14/h7-8,16H,3-6H2,1-2H3/t7-,8+/m1/s1. The zero-order valence-corrected chi connectivity index (χ0v) is 9.59. The molecule has 0 spiro atoms. The Labute approximate surface area is 94.4 Å². The summed E-state index contributed by atoms with van der Waals surface area (Å²) in [5, 5.41) is 10.3. The van der Waals surface area contributed by atoms with E-state index in [0.29, 0.717) is 25.9 Å². The van der Waals surface area contributed by atoms with Crippen molar-refractivity contribution < 1.29 is 14.8 Å². The third-order valence-electron chi connectivity index (χ3n) is 3.44. The molecule has 90 valence electrons. The second kappa shape index (κ2) is 3.93. The summed E-state index contributed by atoms with van der Waals surface area (Å²) in [5.74, 6) is -0.0292. The summed E-state index contributed by atoms with van der Waals surface area (Å²) in [7, 11) is 1.73. The first-order valence-corrected chi connectivity index (χ1v) is 5.60. The van der Waals surface area contributed by atoms with Crippen LogP contribution >= 0.6 is 0 Å². The molecule has 2 fully saturated rings. The second-order valence-corrected chi connectivity index (χ2v) is 4.41. The fourth-order valence-electron chi connectivity index (χ4n) is 2.33. The first-order chi connectivity index (χ1) is 7.56.